The van der Waals surface area contributed by atoms with E-state index in [1.54, 1.807) is 24.3 Å². The lowest BCUT2D eigenvalue weighted by molar-refractivity contribution is -0.113. The standard InChI is InChI=1S/C13H18N2O2/c1-13(9-16,12-8-14-6-7-15-12)10-2-4-11(17)5-3-10/h2-5,9,12,14-15,17H,6-8H2,1H3. The van der Waals surface area contributed by atoms with E-state index in [1.807, 2.05) is 6.92 Å². The molecule has 92 valence electrons. The molecule has 1 aliphatic heterocycles. The van der Waals surface area contributed by atoms with Crippen molar-refractivity contribution >= 4 is 6.29 Å². The number of aldehydes is 1. The first-order valence-electron chi connectivity index (χ1n) is 5.87. The third-order valence-corrected chi connectivity index (χ3v) is 3.50. The molecular weight excluding hydrogens is 216 g/mol. The number of hydrogen-bond acceptors (Lipinski definition) is 4. The highest BCUT2D eigenvalue weighted by Crippen LogP contribution is 2.27. The van der Waals surface area contributed by atoms with Crippen LogP contribution < -0.4 is 10.6 Å². The van der Waals surface area contributed by atoms with Crippen LogP contribution in [0.2, 0.25) is 0 Å². The monoisotopic (exact) mass is 234 g/mol. The second kappa shape index (κ2) is 4.85. The van der Waals surface area contributed by atoms with E-state index in [0.29, 0.717) is 0 Å². The van der Waals surface area contributed by atoms with Gasteiger partial charge in [0, 0.05) is 25.7 Å². The molecule has 1 aliphatic rings. The van der Waals surface area contributed by atoms with Gasteiger partial charge in [0.15, 0.2) is 0 Å². The lowest BCUT2D eigenvalue weighted by Crippen LogP contribution is -2.58. The molecule has 1 aromatic rings. The summed E-state index contributed by atoms with van der Waals surface area (Å²) in [5, 5.41) is 15.9. The van der Waals surface area contributed by atoms with E-state index in [0.717, 1.165) is 31.5 Å². The number of piperazine rings is 1. The van der Waals surface area contributed by atoms with Gasteiger partial charge in [-0.05, 0) is 24.6 Å². The molecule has 4 nitrogen and oxygen atoms in total. The van der Waals surface area contributed by atoms with Gasteiger partial charge in [-0.1, -0.05) is 12.1 Å². The molecule has 1 aromatic carbocycles. The number of aromatic hydroxyl groups is 1. The molecule has 1 fully saturated rings. The van der Waals surface area contributed by atoms with E-state index in [1.165, 1.54) is 0 Å². The largest absolute Gasteiger partial charge is 0.508 e. The third kappa shape index (κ3) is 2.33. The Kier molecular flexibility index (Phi) is 3.45. The quantitative estimate of drug-likeness (QED) is 0.663. The molecule has 0 saturated carbocycles. The Balaban J connectivity index is 2.28. The molecule has 1 saturated heterocycles. The van der Waals surface area contributed by atoms with Gasteiger partial charge in [0.2, 0.25) is 0 Å². The minimum absolute atomic E-state index is 0.0818. The van der Waals surface area contributed by atoms with Gasteiger partial charge in [-0.15, -0.1) is 0 Å². The molecule has 2 atom stereocenters. The van der Waals surface area contributed by atoms with Crippen molar-refractivity contribution in [3.05, 3.63) is 29.8 Å². The molecule has 0 aromatic heterocycles. The van der Waals surface area contributed by atoms with Gasteiger partial charge >= 0.3 is 0 Å². The fourth-order valence-electron chi connectivity index (χ4n) is 2.25. The Labute approximate surface area is 101 Å². The van der Waals surface area contributed by atoms with Crippen LogP contribution in [-0.4, -0.2) is 37.1 Å². The smallest absolute Gasteiger partial charge is 0.131 e. The Hall–Kier alpha value is -1.39. The fourth-order valence-corrected chi connectivity index (χ4v) is 2.25. The molecule has 2 rings (SSSR count). The number of benzene rings is 1. The molecule has 3 N–H and O–H groups in total. The zero-order chi connectivity index (χ0) is 12.3. The molecule has 0 amide bonds. The van der Waals surface area contributed by atoms with E-state index < -0.39 is 5.41 Å². The highest BCUT2D eigenvalue weighted by molar-refractivity contribution is 5.69. The number of phenolic OH excluding ortho intramolecular Hbond substituents is 1. The van der Waals surface area contributed by atoms with Crippen molar-refractivity contribution in [1.29, 1.82) is 0 Å². The van der Waals surface area contributed by atoms with Crippen LogP contribution in [0.1, 0.15) is 12.5 Å². The SMILES string of the molecule is CC(C=O)(c1ccc(O)cc1)C1CNCCN1. The van der Waals surface area contributed by atoms with Crippen molar-refractivity contribution in [2.45, 2.75) is 18.4 Å². The van der Waals surface area contributed by atoms with Gasteiger partial charge in [0.25, 0.3) is 0 Å². The lowest BCUT2D eigenvalue weighted by atomic mass is 9.76. The van der Waals surface area contributed by atoms with E-state index in [-0.39, 0.29) is 11.8 Å². The predicted octanol–water partition coefficient (Wildman–Crippen LogP) is 0.410. The van der Waals surface area contributed by atoms with Crippen LogP contribution in [0.4, 0.5) is 0 Å². The topological polar surface area (TPSA) is 61.4 Å². The van der Waals surface area contributed by atoms with E-state index in [4.69, 9.17) is 0 Å². The molecule has 0 aliphatic carbocycles. The molecule has 0 radical (unpaired) electrons. The van der Waals surface area contributed by atoms with Crippen molar-refractivity contribution in [1.82, 2.24) is 10.6 Å². The molecule has 4 heteroatoms. The Morgan fingerprint density at radius 3 is 2.59 bits per heavy atom. The maximum absolute atomic E-state index is 11.5. The van der Waals surface area contributed by atoms with Crippen LogP contribution in [0.15, 0.2) is 24.3 Å². The Morgan fingerprint density at radius 2 is 2.06 bits per heavy atom. The molecule has 0 bridgehead atoms. The number of hydrogen-bond donors (Lipinski definition) is 3. The van der Waals surface area contributed by atoms with Gasteiger partial charge in [0.1, 0.15) is 12.0 Å². The van der Waals surface area contributed by atoms with E-state index in [9.17, 15) is 9.90 Å². The summed E-state index contributed by atoms with van der Waals surface area (Å²) in [6.07, 6.45) is 0.990. The van der Waals surface area contributed by atoms with Gasteiger partial charge in [-0.25, -0.2) is 0 Å². The summed E-state index contributed by atoms with van der Waals surface area (Å²) in [6.45, 7) is 4.50. The van der Waals surface area contributed by atoms with Crippen LogP contribution in [0.3, 0.4) is 0 Å². The van der Waals surface area contributed by atoms with Gasteiger partial charge < -0.3 is 20.5 Å². The normalized spacial score (nSPS) is 23.9. The van der Waals surface area contributed by atoms with Crippen molar-refractivity contribution < 1.29 is 9.90 Å². The van der Waals surface area contributed by atoms with E-state index in [2.05, 4.69) is 10.6 Å². The lowest BCUT2D eigenvalue weighted by Gasteiger charge is -2.37. The molecule has 1 heterocycles. The predicted molar refractivity (Wildman–Crippen MR) is 66.2 cm³/mol. The summed E-state index contributed by atoms with van der Waals surface area (Å²) in [5.74, 6) is 0.219. The second-order valence-corrected chi connectivity index (χ2v) is 4.66. The van der Waals surface area contributed by atoms with E-state index >= 15 is 0 Å². The number of rotatable bonds is 3. The van der Waals surface area contributed by atoms with Crippen LogP contribution in [0.5, 0.6) is 5.75 Å². The van der Waals surface area contributed by atoms with Crippen molar-refractivity contribution in [3.63, 3.8) is 0 Å². The highest BCUT2D eigenvalue weighted by atomic mass is 16.3. The van der Waals surface area contributed by atoms with Gasteiger partial charge in [-0.3, -0.25) is 0 Å². The number of phenols is 1. The maximum atomic E-state index is 11.5. The number of nitrogens with one attached hydrogen (secondary N) is 2. The first-order valence-corrected chi connectivity index (χ1v) is 5.87. The number of carbonyl (C=O) groups is 1. The summed E-state index contributed by atoms with van der Waals surface area (Å²) in [6, 6.07) is 6.93. The van der Waals surface area contributed by atoms with Crippen LogP contribution in [0.25, 0.3) is 0 Å². The van der Waals surface area contributed by atoms with Crippen LogP contribution in [-0.2, 0) is 10.2 Å². The average Bonchev–Trinajstić information content (AvgIpc) is 2.40. The zero-order valence-electron chi connectivity index (χ0n) is 9.94. The molecule has 2 unspecified atom stereocenters. The van der Waals surface area contributed by atoms with Crippen molar-refractivity contribution in [2.24, 2.45) is 0 Å². The second-order valence-electron chi connectivity index (χ2n) is 4.66. The minimum Gasteiger partial charge on any atom is -0.508 e. The molecule has 17 heavy (non-hydrogen) atoms. The highest BCUT2D eigenvalue weighted by Gasteiger charge is 2.36. The molecule has 0 spiro atoms. The Morgan fingerprint density at radius 1 is 1.35 bits per heavy atom. The van der Waals surface area contributed by atoms with Crippen LogP contribution >= 0.6 is 0 Å². The molecular formula is C13H18N2O2. The maximum Gasteiger partial charge on any atom is 0.131 e. The third-order valence-electron chi connectivity index (χ3n) is 3.50. The zero-order valence-corrected chi connectivity index (χ0v) is 9.94. The van der Waals surface area contributed by atoms with Crippen molar-refractivity contribution in [2.75, 3.05) is 19.6 Å². The summed E-state index contributed by atoms with van der Waals surface area (Å²) < 4.78 is 0. The fraction of sp³-hybridized carbons (Fsp3) is 0.462. The van der Waals surface area contributed by atoms with Crippen molar-refractivity contribution in [3.8, 4) is 5.75 Å². The summed E-state index contributed by atoms with van der Waals surface area (Å²) in [7, 11) is 0. The summed E-state index contributed by atoms with van der Waals surface area (Å²) in [5.41, 5.74) is 0.354. The average molecular weight is 234 g/mol. The Bertz CT molecular complexity index is 385. The van der Waals surface area contributed by atoms with Gasteiger partial charge in [-0.2, -0.15) is 0 Å². The first-order chi connectivity index (χ1) is 8.16. The van der Waals surface area contributed by atoms with Gasteiger partial charge in [0.05, 0.1) is 5.41 Å². The number of carbonyl (C=O) groups excluding carboxylic acids is 1. The van der Waals surface area contributed by atoms with Crippen LogP contribution in [0, 0.1) is 0 Å². The summed E-state index contributed by atoms with van der Waals surface area (Å²) in [4.78, 5) is 11.5. The minimum atomic E-state index is -0.568. The first kappa shape index (κ1) is 12.1. The summed E-state index contributed by atoms with van der Waals surface area (Å²) >= 11 is 0.